The van der Waals surface area contributed by atoms with Gasteiger partial charge in [0.05, 0.1) is 23.4 Å². The van der Waals surface area contributed by atoms with Crippen LogP contribution in [0.2, 0.25) is 0 Å². The molecule has 120 valence electrons. The summed E-state index contributed by atoms with van der Waals surface area (Å²) >= 11 is 1.49. The Bertz CT molecular complexity index is 834. The van der Waals surface area contributed by atoms with Gasteiger partial charge in [-0.15, -0.1) is 0 Å². The molecule has 0 bridgehead atoms. The molecular weight excluding hydrogens is 314 g/mol. The number of aromatic nitrogens is 3. The van der Waals surface area contributed by atoms with Crippen molar-refractivity contribution >= 4 is 38.2 Å². The molecule has 0 aliphatic heterocycles. The van der Waals surface area contributed by atoms with Gasteiger partial charge in [0.25, 0.3) is 0 Å². The summed E-state index contributed by atoms with van der Waals surface area (Å²) in [6.07, 6.45) is 1.39. The van der Waals surface area contributed by atoms with Gasteiger partial charge in [-0.25, -0.2) is 9.97 Å². The molecule has 8 heteroatoms. The molecular formula is C15H17N5O2S. The third-order valence-corrected chi connectivity index (χ3v) is 3.95. The Morgan fingerprint density at radius 2 is 2.09 bits per heavy atom. The molecule has 23 heavy (non-hydrogen) atoms. The molecule has 0 atom stereocenters. The highest BCUT2D eigenvalue weighted by molar-refractivity contribution is 7.22. The lowest BCUT2D eigenvalue weighted by molar-refractivity contribution is 0.234. The number of nitrogens with two attached hydrogens (primary N) is 1. The van der Waals surface area contributed by atoms with Crippen LogP contribution >= 0.6 is 11.3 Å². The van der Waals surface area contributed by atoms with Crippen LogP contribution < -0.4 is 20.5 Å². The number of rotatable bonds is 5. The number of hydrogen-bond donors (Lipinski definition) is 2. The number of hydrogen-bond acceptors (Lipinski definition) is 8. The highest BCUT2D eigenvalue weighted by Gasteiger charge is 2.13. The van der Waals surface area contributed by atoms with Gasteiger partial charge >= 0.3 is 0 Å². The zero-order valence-corrected chi connectivity index (χ0v) is 13.8. The van der Waals surface area contributed by atoms with Crippen LogP contribution in [0.4, 0.5) is 16.6 Å². The SMILES string of the molecule is COc1ccc2nc(Nc3ncnc(OC(C)C)c3N)sc2c1. The molecule has 0 saturated carbocycles. The van der Waals surface area contributed by atoms with E-state index in [-0.39, 0.29) is 6.10 Å². The molecule has 3 rings (SSSR count). The fourth-order valence-electron chi connectivity index (χ4n) is 1.98. The molecule has 0 fully saturated rings. The van der Waals surface area contributed by atoms with Crippen LogP contribution in [0.15, 0.2) is 24.5 Å². The molecule has 3 aromatic rings. The summed E-state index contributed by atoms with van der Waals surface area (Å²) in [6.45, 7) is 3.82. The van der Waals surface area contributed by atoms with Crippen molar-refractivity contribution in [3.05, 3.63) is 24.5 Å². The van der Waals surface area contributed by atoms with Crippen molar-refractivity contribution in [3.8, 4) is 11.6 Å². The van der Waals surface area contributed by atoms with E-state index in [1.807, 2.05) is 32.0 Å². The lowest BCUT2D eigenvalue weighted by atomic mass is 10.3. The van der Waals surface area contributed by atoms with Crippen molar-refractivity contribution in [1.82, 2.24) is 15.0 Å². The van der Waals surface area contributed by atoms with E-state index < -0.39 is 0 Å². The van der Waals surface area contributed by atoms with Crippen LogP contribution in [-0.2, 0) is 0 Å². The zero-order valence-electron chi connectivity index (χ0n) is 13.0. The molecule has 2 heterocycles. The summed E-state index contributed by atoms with van der Waals surface area (Å²) in [6, 6.07) is 5.72. The number of nitrogens with zero attached hydrogens (tertiary/aromatic N) is 3. The molecule has 7 nitrogen and oxygen atoms in total. The number of anilines is 3. The zero-order chi connectivity index (χ0) is 16.4. The fourth-order valence-corrected chi connectivity index (χ4v) is 2.88. The molecule has 0 aliphatic rings. The second-order valence-corrected chi connectivity index (χ2v) is 6.12. The number of nitrogen functional groups attached to an aromatic ring is 1. The first-order valence-corrected chi connectivity index (χ1v) is 7.87. The van der Waals surface area contributed by atoms with E-state index in [2.05, 4.69) is 20.3 Å². The fraction of sp³-hybridized carbons (Fsp3) is 0.267. The van der Waals surface area contributed by atoms with Gasteiger partial charge in [-0.2, -0.15) is 4.98 Å². The number of thiazole rings is 1. The summed E-state index contributed by atoms with van der Waals surface area (Å²) < 4.78 is 11.8. The first-order valence-electron chi connectivity index (χ1n) is 7.05. The second-order valence-electron chi connectivity index (χ2n) is 5.09. The van der Waals surface area contributed by atoms with Gasteiger partial charge in [-0.05, 0) is 32.0 Å². The van der Waals surface area contributed by atoms with E-state index in [1.165, 1.54) is 17.7 Å². The summed E-state index contributed by atoms with van der Waals surface area (Å²) in [7, 11) is 1.64. The maximum atomic E-state index is 6.06. The van der Waals surface area contributed by atoms with Gasteiger partial charge in [0.15, 0.2) is 10.9 Å². The van der Waals surface area contributed by atoms with E-state index in [1.54, 1.807) is 7.11 Å². The lowest BCUT2D eigenvalue weighted by Crippen LogP contribution is -2.10. The van der Waals surface area contributed by atoms with E-state index >= 15 is 0 Å². The Morgan fingerprint density at radius 1 is 1.26 bits per heavy atom. The maximum absolute atomic E-state index is 6.06. The smallest absolute Gasteiger partial charge is 0.242 e. The van der Waals surface area contributed by atoms with Gasteiger partial charge < -0.3 is 20.5 Å². The van der Waals surface area contributed by atoms with Crippen molar-refractivity contribution in [1.29, 1.82) is 0 Å². The van der Waals surface area contributed by atoms with Crippen molar-refractivity contribution in [3.63, 3.8) is 0 Å². The second kappa shape index (κ2) is 6.25. The lowest BCUT2D eigenvalue weighted by Gasteiger charge is -2.12. The van der Waals surface area contributed by atoms with Gasteiger partial charge in [0.1, 0.15) is 17.8 Å². The average molecular weight is 331 g/mol. The largest absolute Gasteiger partial charge is 0.497 e. The topological polar surface area (TPSA) is 95.2 Å². The number of nitrogens with one attached hydrogen (secondary N) is 1. The number of fused-ring (bicyclic) bond motifs is 1. The molecule has 0 saturated heterocycles. The third-order valence-electron chi connectivity index (χ3n) is 3.02. The summed E-state index contributed by atoms with van der Waals surface area (Å²) in [5.41, 5.74) is 7.30. The Morgan fingerprint density at radius 3 is 2.83 bits per heavy atom. The Balaban J connectivity index is 1.89. The minimum absolute atomic E-state index is 0.0186. The molecule has 0 aliphatic carbocycles. The normalized spacial score (nSPS) is 11.0. The first-order chi connectivity index (χ1) is 11.1. The van der Waals surface area contributed by atoms with Crippen LogP contribution in [0.3, 0.4) is 0 Å². The molecule has 1 aromatic carbocycles. The van der Waals surface area contributed by atoms with Gasteiger partial charge in [0, 0.05) is 0 Å². The van der Waals surface area contributed by atoms with Gasteiger partial charge in [-0.3, -0.25) is 0 Å². The van der Waals surface area contributed by atoms with Crippen molar-refractivity contribution in [2.45, 2.75) is 20.0 Å². The van der Waals surface area contributed by atoms with Crippen LogP contribution in [0.25, 0.3) is 10.2 Å². The number of ether oxygens (including phenoxy) is 2. The molecule has 2 aromatic heterocycles. The average Bonchev–Trinajstić information content (AvgIpc) is 2.92. The highest BCUT2D eigenvalue weighted by Crippen LogP contribution is 2.33. The predicted octanol–water partition coefficient (Wildman–Crippen LogP) is 3.21. The Labute approximate surface area is 137 Å². The monoisotopic (exact) mass is 331 g/mol. The third kappa shape index (κ3) is 3.26. The maximum Gasteiger partial charge on any atom is 0.242 e. The van der Waals surface area contributed by atoms with Crippen LogP contribution in [0.5, 0.6) is 11.6 Å². The van der Waals surface area contributed by atoms with E-state index in [9.17, 15) is 0 Å². The molecule has 0 radical (unpaired) electrons. The predicted molar refractivity (Wildman–Crippen MR) is 91.7 cm³/mol. The van der Waals surface area contributed by atoms with Gasteiger partial charge in [-0.1, -0.05) is 11.3 Å². The Hall–Kier alpha value is -2.61. The molecule has 3 N–H and O–H groups in total. The van der Waals surface area contributed by atoms with E-state index in [0.29, 0.717) is 22.5 Å². The first kappa shape index (κ1) is 15.3. The van der Waals surface area contributed by atoms with Crippen molar-refractivity contribution < 1.29 is 9.47 Å². The molecule has 0 amide bonds. The highest BCUT2D eigenvalue weighted by atomic mass is 32.1. The van der Waals surface area contributed by atoms with Crippen molar-refractivity contribution in [2.75, 3.05) is 18.2 Å². The van der Waals surface area contributed by atoms with Gasteiger partial charge in [0.2, 0.25) is 5.88 Å². The summed E-state index contributed by atoms with van der Waals surface area (Å²) in [5, 5.41) is 3.81. The summed E-state index contributed by atoms with van der Waals surface area (Å²) in [5.74, 6) is 1.63. The Kier molecular flexibility index (Phi) is 4.16. The summed E-state index contributed by atoms with van der Waals surface area (Å²) in [4.78, 5) is 12.7. The minimum atomic E-state index is -0.0186. The molecule has 0 unspecified atom stereocenters. The van der Waals surface area contributed by atoms with Crippen LogP contribution in [-0.4, -0.2) is 28.2 Å². The van der Waals surface area contributed by atoms with E-state index in [4.69, 9.17) is 15.2 Å². The van der Waals surface area contributed by atoms with Crippen LogP contribution in [0.1, 0.15) is 13.8 Å². The van der Waals surface area contributed by atoms with Crippen molar-refractivity contribution in [2.24, 2.45) is 0 Å². The minimum Gasteiger partial charge on any atom is -0.497 e. The standard InChI is InChI=1S/C15H17N5O2S/c1-8(2)22-14-12(16)13(17-7-18-14)20-15-19-10-5-4-9(21-3)6-11(10)23-15/h4-8H,16H2,1-3H3,(H,17,18,19,20). The molecule has 0 spiro atoms. The quantitative estimate of drug-likeness (QED) is 0.741. The number of methoxy groups -OCH3 is 1. The van der Waals surface area contributed by atoms with Crippen LogP contribution in [0, 0.1) is 0 Å². The number of benzene rings is 1. The van der Waals surface area contributed by atoms with E-state index in [0.717, 1.165) is 16.0 Å².